The van der Waals surface area contributed by atoms with Crippen LogP contribution >= 0.6 is 11.8 Å². The molecule has 30 heavy (non-hydrogen) atoms. The Hall–Kier alpha value is -3.10. The smallest absolute Gasteiger partial charge is 0.327 e. The second-order valence-corrected chi connectivity index (χ2v) is 7.43. The molecule has 0 saturated heterocycles. The quantitative estimate of drug-likeness (QED) is 0.331. The summed E-state index contributed by atoms with van der Waals surface area (Å²) in [5.41, 5.74) is 2.48. The Balaban J connectivity index is 1.73. The van der Waals surface area contributed by atoms with E-state index in [2.05, 4.69) is 11.6 Å². The van der Waals surface area contributed by atoms with E-state index in [4.69, 9.17) is 0 Å². The molecular formula is C22H19BFN2O3S. The van der Waals surface area contributed by atoms with E-state index < -0.39 is 5.82 Å². The Kier molecular flexibility index (Phi) is 7.27. The normalized spacial score (nSPS) is 10.5. The fourth-order valence-corrected chi connectivity index (χ4v) is 3.63. The molecule has 1 heterocycles. The van der Waals surface area contributed by atoms with Crippen LogP contribution in [0.4, 0.5) is 10.1 Å². The van der Waals surface area contributed by atoms with Gasteiger partial charge in [-0.15, -0.1) is 11.8 Å². The van der Waals surface area contributed by atoms with Gasteiger partial charge in [0.25, 0.3) is 5.91 Å². The summed E-state index contributed by atoms with van der Waals surface area (Å²) in [6.45, 7) is 3.33. The lowest BCUT2D eigenvalue weighted by Crippen LogP contribution is -2.32. The first kappa shape index (κ1) is 21.6. The highest BCUT2D eigenvalue weighted by Gasteiger charge is 2.19. The van der Waals surface area contributed by atoms with Gasteiger partial charge in [0, 0.05) is 17.6 Å². The summed E-state index contributed by atoms with van der Waals surface area (Å²) in [6, 6.07) is 16.3. The largest absolute Gasteiger partial charge is 0.511 e. The number of aliphatic hydroxyl groups is 1. The molecule has 1 radical (unpaired) electrons. The van der Waals surface area contributed by atoms with Crippen molar-refractivity contribution in [1.82, 2.24) is 4.98 Å². The SMILES string of the molecule is C=C(O)CN(C(=O)c1ccc(SCc2ccccc2[B]O)nc1)c1ccc(F)cc1. The van der Waals surface area contributed by atoms with Crippen LogP contribution in [0.15, 0.2) is 84.2 Å². The summed E-state index contributed by atoms with van der Waals surface area (Å²) in [5.74, 6) is -0.384. The minimum Gasteiger partial charge on any atom is -0.511 e. The van der Waals surface area contributed by atoms with Gasteiger partial charge in [0.1, 0.15) is 11.6 Å². The van der Waals surface area contributed by atoms with Crippen molar-refractivity contribution >= 4 is 36.3 Å². The molecule has 1 amide bonds. The molecule has 0 saturated carbocycles. The zero-order valence-electron chi connectivity index (χ0n) is 16.0. The molecular weight excluding hydrogens is 402 g/mol. The molecule has 0 aliphatic carbocycles. The highest BCUT2D eigenvalue weighted by Crippen LogP contribution is 2.22. The number of anilines is 1. The van der Waals surface area contributed by atoms with E-state index in [1.807, 2.05) is 24.3 Å². The maximum absolute atomic E-state index is 13.2. The Labute approximate surface area is 179 Å². The summed E-state index contributed by atoms with van der Waals surface area (Å²) < 4.78 is 13.2. The van der Waals surface area contributed by atoms with Gasteiger partial charge in [-0.1, -0.05) is 30.8 Å². The van der Waals surface area contributed by atoms with E-state index in [1.165, 1.54) is 47.1 Å². The highest BCUT2D eigenvalue weighted by atomic mass is 32.2. The average Bonchev–Trinajstić information content (AvgIpc) is 2.76. The maximum atomic E-state index is 13.2. The summed E-state index contributed by atoms with van der Waals surface area (Å²) >= 11 is 1.48. The first-order valence-electron chi connectivity index (χ1n) is 9.06. The molecule has 0 unspecified atom stereocenters. The molecule has 2 aromatic carbocycles. The third-order valence-corrected chi connectivity index (χ3v) is 5.27. The van der Waals surface area contributed by atoms with Crippen molar-refractivity contribution in [2.24, 2.45) is 0 Å². The summed E-state index contributed by atoms with van der Waals surface area (Å²) in [4.78, 5) is 18.6. The van der Waals surface area contributed by atoms with Crippen LogP contribution in [0, 0.1) is 5.82 Å². The predicted molar refractivity (Wildman–Crippen MR) is 118 cm³/mol. The van der Waals surface area contributed by atoms with E-state index in [9.17, 15) is 19.3 Å². The molecule has 3 rings (SSSR count). The number of benzene rings is 2. The lowest BCUT2D eigenvalue weighted by atomic mass is 9.85. The third kappa shape index (κ3) is 5.49. The number of nitrogens with zero attached hydrogens (tertiary/aromatic N) is 2. The van der Waals surface area contributed by atoms with Crippen molar-refractivity contribution in [3.63, 3.8) is 0 Å². The molecule has 0 aliphatic rings. The van der Waals surface area contributed by atoms with Gasteiger partial charge in [-0.25, -0.2) is 9.37 Å². The maximum Gasteiger partial charge on any atom is 0.327 e. The third-order valence-electron chi connectivity index (χ3n) is 4.28. The van der Waals surface area contributed by atoms with E-state index >= 15 is 0 Å². The van der Waals surface area contributed by atoms with Crippen LogP contribution in [0.5, 0.6) is 0 Å². The zero-order valence-corrected chi connectivity index (χ0v) is 16.8. The molecule has 0 fully saturated rings. The van der Waals surface area contributed by atoms with Gasteiger partial charge in [-0.3, -0.25) is 4.79 Å². The summed E-state index contributed by atoms with van der Waals surface area (Å²) in [6.07, 6.45) is 1.46. The molecule has 2 N–H and O–H groups in total. The van der Waals surface area contributed by atoms with Gasteiger partial charge in [0.2, 0.25) is 0 Å². The molecule has 0 bridgehead atoms. The van der Waals surface area contributed by atoms with Crippen LogP contribution in [-0.2, 0) is 5.75 Å². The fourth-order valence-electron chi connectivity index (χ4n) is 2.78. The van der Waals surface area contributed by atoms with Gasteiger partial charge in [-0.05, 0) is 47.4 Å². The van der Waals surface area contributed by atoms with Crippen LogP contribution in [-0.4, -0.2) is 35.0 Å². The summed E-state index contributed by atoms with van der Waals surface area (Å²) in [5, 5.41) is 19.6. The van der Waals surface area contributed by atoms with E-state index in [0.29, 0.717) is 17.0 Å². The first-order valence-corrected chi connectivity index (χ1v) is 10.0. The minimum atomic E-state index is -0.419. The Morgan fingerprint density at radius 3 is 2.50 bits per heavy atom. The highest BCUT2D eigenvalue weighted by molar-refractivity contribution is 7.98. The molecule has 151 valence electrons. The molecule has 1 aromatic heterocycles. The summed E-state index contributed by atoms with van der Waals surface area (Å²) in [7, 11) is 1.07. The lowest BCUT2D eigenvalue weighted by molar-refractivity contribution is 0.0985. The second-order valence-electron chi connectivity index (χ2n) is 6.44. The van der Waals surface area contributed by atoms with Gasteiger partial charge < -0.3 is 15.0 Å². The lowest BCUT2D eigenvalue weighted by Gasteiger charge is -2.22. The number of carbonyl (C=O) groups is 1. The Morgan fingerprint density at radius 2 is 1.87 bits per heavy atom. The monoisotopic (exact) mass is 421 g/mol. The van der Waals surface area contributed by atoms with Gasteiger partial charge >= 0.3 is 7.48 Å². The van der Waals surface area contributed by atoms with Crippen molar-refractivity contribution in [3.05, 3.63) is 96.1 Å². The number of rotatable bonds is 8. The first-order chi connectivity index (χ1) is 14.5. The standard InChI is InChI=1S/C22H19BFN2O3S/c1-15(27)13-26(19-9-7-18(24)8-10-19)22(28)16-6-11-21(25-12-16)30-14-17-4-2-3-5-20(17)23-29/h2-12,27,29H,1,13-14H2. The van der Waals surface area contributed by atoms with Crippen LogP contribution in [0.25, 0.3) is 0 Å². The van der Waals surface area contributed by atoms with Crippen molar-refractivity contribution in [3.8, 4) is 0 Å². The molecule has 5 nitrogen and oxygen atoms in total. The fraction of sp³-hybridized carbons (Fsp3) is 0.0909. The number of pyridine rings is 1. The Morgan fingerprint density at radius 1 is 1.13 bits per heavy atom. The van der Waals surface area contributed by atoms with Crippen LogP contribution < -0.4 is 10.4 Å². The van der Waals surface area contributed by atoms with Crippen molar-refractivity contribution in [1.29, 1.82) is 0 Å². The van der Waals surface area contributed by atoms with Crippen molar-refractivity contribution in [2.75, 3.05) is 11.4 Å². The number of thioether (sulfide) groups is 1. The average molecular weight is 421 g/mol. The van der Waals surface area contributed by atoms with E-state index in [1.54, 1.807) is 12.1 Å². The van der Waals surface area contributed by atoms with Gasteiger partial charge in [-0.2, -0.15) is 0 Å². The minimum absolute atomic E-state index is 0.116. The molecule has 0 aliphatic heterocycles. The number of aromatic nitrogens is 1. The molecule has 0 atom stereocenters. The number of hydrogen-bond acceptors (Lipinski definition) is 5. The number of aliphatic hydroxyl groups excluding tert-OH is 1. The number of amides is 1. The van der Waals surface area contributed by atoms with Crippen LogP contribution in [0.1, 0.15) is 15.9 Å². The topological polar surface area (TPSA) is 73.7 Å². The van der Waals surface area contributed by atoms with Gasteiger partial charge in [0.05, 0.1) is 17.1 Å². The predicted octanol–water partition coefficient (Wildman–Crippen LogP) is 3.47. The second kappa shape index (κ2) is 10.1. The number of halogens is 1. The van der Waals surface area contributed by atoms with Crippen LogP contribution in [0.2, 0.25) is 0 Å². The molecule has 8 heteroatoms. The van der Waals surface area contributed by atoms with Crippen molar-refractivity contribution < 1.29 is 19.3 Å². The van der Waals surface area contributed by atoms with Gasteiger partial charge in [0.15, 0.2) is 0 Å². The Bertz CT molecular complexity index is 1030. The van der Waals surface area contributed by atoms with E-state index in [-0.39, 0.29) is 18.2 Å². The molecule has 3 aromatic rings. The number of carbonyl (C=O) groups excluding carboxylic acids is 1. The van der Waals surface area contributed by atoms with Crippen molar-refractivity contribution in [2.45, 2.75) is 10.8 Å². The van der Waals surface area contributed by atoms with Crippen LogP contribution in [0.3, 0.4) is 0 Å². The zero-order chi connectivity index (χ0) is 21.5. The number of hydrogen-bond donors (Lipinski definition) is 2. The van der Waals surface area contributed by atoms with E-state index in [0.717, 1.165) is 23.5 Å². The molecule has 0 spiro atoms.